The molecule has 0 heterocycles. The van der Waals surface area contributed by atoms with Crippen molar-refractivity contribution < 1.29 is 0 Å². The van der Waals surface area contributed by atoms with Crippen molar-refractivity contribution in [1.29, 1.82) is 0 Å². The fourth-order valence-corrected chi connectivity index (χ4v) is 4.12. The molecular formula is C20H31N. The minimum absolute atomic E-state index is 0.536. The zero-order chi connectivity index (χ0) is 14.7. The zero-order valence-electron chi connectivity index (χ0n) is 13.7. The molecule has 2 saturated carbocycles. The molecule has 0 amide bonds. The van der Waals surface area contributed by atoms with E-state index in [9.17, 15) is 0 Å². The Morgan fingerprint density at radius 1 is 1.00 bits per heavy atom. The summed E-state index contributed by atoms with van der Waals surface area (Å²) in [5.74, 6) is 2.84. The summed E-state index contributed by atoms with van der Waals surface area (Å²) in [6, 6.07) is 12.3. The van der Waals surface area contributed by atoms with Gasteiger partial charge in [0, 0.05) is 12.1 Å². The van der Waals surface area contributed by atoms with Crippen LogP contribution >= 0.6 is 0 Å². The monoisotopic (exact) mass is 285 g/mol. The summed E-state index contributed by atoms with van der Waals surface area (Å²) in [6.45, 7) is 4.68. The van der Waals surface area contributed by atoms with E-state index in [0.717, 1.165) is 23.8 Å². The van der Waals surface area contributed by atoms with Crippen LogP contribution in [0, 0.1) is 17.8 Å². The average molecular weight is 285 g/mol. The van der Waals surface area contributed by atoms with Gasteiger partial charge in [-0.1, -0.05) is 57.0 Å². The van der Waals surface area contributed by atoms with Crippen molar-refractivity contribution in [1.82, 2.24) is 5.32 Å². The third-order valence-electron chi connectivity index (χ3n) is 5.35. The lowest BCUT2D eigenvalue weighted by atomic mass is 9.82. The number of benzene rings is 1. The average Bonchev–Trinajstić information content (AvgIpc) is 3.32. The van der Waals surface area contributed by atoms with Gasteiger partial charge in [-0.3, -0.25) is 0 Å². The molecule has 0 radical (unpaired) electrons. The third kappa shape index (κ3) is 4.32. The quantitative estimate of drug-likeness (QED) is 0.744. The molecule has 21 heavy (non-hydrogen) atoms. The predicted molar refractivity (Wildman–Crippen MR) is 90.2 cm³/mol. The summed E-state index contributed by atoms with van der Waals surface area (Å²) in [6.07, 6.45) is 9.98. The summed E-state index contributed by atoms with van der Waals surface area (Å²) in [5, 5.41) is 4.02. The summed E-state index contributed by atoms with van der Waals surface area (Å²) in [4.78, 5) is 0. The molecule has 2 aliphatic rings. The maximum Gasteiger partial charge on any atom is 0.0325 e. The summed E-state index contributed by atoms with van der Waals surface area (Å²) >= 11 is 0. The standard InChI is InChI=1S/C20H31N/c1-15(2)13-20(17-7-4-3-5-8-17)21-19-10-6-9-18(14-19)16-11-12-16/h3-5,7-8,15-16,18-21H,6,9-14H2,1-2H3. The third-order valence-corrected chi connectivity index (χ3v) is 5.35. The van der Waals surface area contributed by atoms with Crippen LogP contribution in [0.15, 0.2) is 30.3 Å². The van der Waals surface area contributed by atoms with Gasteiger partial charge < -0.3 is 5.32 Å². The van der Waals surface area contributed by atoms with Crippen LogP contribution in [0.5, 0.6) is 0 Å². The number of nitrogens with one attached hydrogen (secondary N) is 1. The Morgan fingerprint density at radius 2 is 1.76 bits per heavy atom. The topological polar surface area (TPSA) is 12.0 Å². The molecule has 116 valence electrons. The SMILES string of the molecule is CC(C)CC(NC1CCCC(C2CC2)C1)c1ccccc1. The Bertz CT molecular complexity index is 421. The normalized spacial score (nSPS) is 27.8. The lowest BCUT2D eigenvalue weighted by Gasteiger charge is -2.34. The van der Waals surface area contributed by atoms with Crippen LogP contribution in [-0.2, 0) is 0 Å². The molecule has 1 N–H and O–H groups in total. The van der Waals surface area contributed by atoms with Gasteiger partial charge >= 0.3 is 0 Å². The van der Waals surface area contributed by atoms with Crippen LogP contribution < -0.4 is 5.32 Å². The van der Waals surface area contributed by atoms with E-state index < -0.39 is 0 Å². The first-order valence-corrected chi connectivity index (χ1v) is 9.03. The molecule has 0 saturated heterocycles. The molecule has 3 rings (SSSR count). The van der Waals surface area contributed by atoms with Crippen molar-refractivity contribution in [3.63, 3.8) is 0 Å². The molecule has 0 bridgehead atoms. The van der Waals surface area contributed by atoms with Crippen molar-refractivity contribution in [2.45, 2.75) is 70.9 Å². The van der Waals surface area contributed by atoms with Crippen molar-refractivity contribution in [2.75, 3.05) is 0 Å². The van der Waals surface area contributed by atoms with Gasteiger partial charge in [-0.05, 0) is 55.4 Å². The largest absolute Gasteiger partial charge is 0.307 e. The van der Waals surface area contributed by atoms with E-state index in [0.29, 0.717) is 6.04 Å². The second kappa shape index (κ2) is 6.96. The summed E-state index contributed by atoms with van der Waals surface area (Å²) in [7, 11) is 0. The zero-order valence-corrected chi connectivity index (χ0v) is 13.7. The van der Waals surface area contributed by atoms with Crippen LogP contribution in [0.4, 0.5) is 0 Å². The second-order valence-corrected chi connectivity index (χ2v) is 7.72. The maximum absolute atomic E-state index is 4.02. The van der Waals surface area contributed by atoms with E-state index in [1.54, 1.807) is 0 Å². The van der Waals surface area contributed by atoms with Crippen molar-refractivity contribution in [3.8, 4) is 0 Å². The van der Waals surface area contributed by atoms with E-state index in [-0.39, 0.29) is 0 Å². The van der Waals surface area contributed by atoms with Crippen molar-refractivity contribution in [3.05, 3.63) is 35.9 Å². The Morgan fingerprint density at radius 3 is 2.43 bits per heavy atom. The fourth-order valence-electron chi connectivity index (χ4n) is 4.12. The van der Waals surface area contributed by atoms with Gasteiger partial charge in [0.1, 0.15) is 0 Å². The van der Waals surface area contributed by atoms with Gasteiger partial charge in [0.25, 0.3) is 0 Å². The highest BCUT2D eigenvalue weighted by Crippen LogP contribution is 2.44. The van der Waals surface area contributed by atoms with Gasteiger partial charge in [-0.2, -0.15) is 0 Å². The van der Waals surface area contributed by atoms with Crippen LogP contribution in [0.3, 0.4) is 0 Å². The molecule has 0 aliphatic heterocycles. The maximum atomic E-state index is 4.02. The van der Waals surface area contributed by atoms with Crippen molar-refractivity contribution >= 4 is 0 Å². The Hall–Kier alpha value is -0.820. The Balaban J connectivity index is 1.63. The summed E-state index contributed by atoms with van der Waals surface area (Å²) < 4.78 is 0. The minimum atomic E-state index is 0.536. The number of hydrogen-bond donors (Lipinski definition) is 1. The first-order valence-electron chi connectivity index (χ1n) is 9.03. The molecule has 2 fully saturated rings. The van der Waals surface area contributed by atoms with E-state index in [4.69, 9.17) is 0 Å². The van der Waals surface area contributed by atoms with Crippen LogP contribution in [-0.4, -0.2) is 6.04 Å². The van der Waals surface area contributed by atoms with Gasteiger partial charge in [-0.25, -0.2) is 0 Å². The lowest BCUT2D eigenvalue weighted by molar-refractivity contribution is 0.238. The molecule has 1 aromatic rings. The van der Waals surface area contributed by atoms with Gasteiger partial charge in [0.05, 0.1) is 0 Å². The van der Waals surface area contributed by atoms with E-state index >= 15 is 0 Å². The molecule has 2 aliphatic carbocycles. The predicted octanol–water partition coefficient (Wildman–Crippen LogP) is 5.33. The van der Waals surface area contributed by atoms with Gasteiger partial charge in [0.15, 0.2) is 0 Å². The Labute approximate surface area is 130 Å². The first-order chi connectivity index (χ1) is 10.2. The second-order valence-electron chi connectivity index (χ2n) is 7.72. The Kier molecular flexibility index (Phi) is 5.00. The molecule has 1 nitrogen and oxygen atoms in total. The van der Waals surface area contributed by atoms with E-state index in [2.05, 4.69) is 49.5 Å². The van der Waals surface area contributed by atoms with Crippen LogP contribution in [0.2, 0.25) is 0 Å². The van der Waals surface area contributed by atoms with Gasteiger partial charge in [-0.15, -0.1) is 0 Å². The minimum Gasteiger partial charge on any atom is -0.307 e. The highest BCUT2D eigenvalue weighted by atomic mass is 15.0. The fraction of sp³-hybridized carbons (Fsp3) is 0.700. The molecule has 1 aromatic carbocycles. The lowest BCUT2D eigenvalue weighted by Crippen LogP contribution is -2.37. The molecule has 0 aromatic heterocycles. The van der Waals surface area contributed by atoms with Gasteiger partial charge in [0.2, 0.25) is 0 Å². The number of hydrogen-bond acceptors (Lipinski definition) is 1. The molecular weight excluding hydrogens is 254 g/mol. The molecule has 3 atom stereocenters. The first kappa shape index (κ1) is 15.1. The van der Waals surface area contributed by atoms with Crippen molar-refractivity contribution in [2.24, 2.45) is 17.8 Å². The highest BCUT2D eigenvalue weighted by Gasteiger charge is 2.35. The van der Waals surface area contributed by atoms with E-state index in [1.807, 2.05) is 0 Å². The number of rotatable bonds is 6. The smallest absolute Gasteiger partial charge is 0.0325 e. The van der Waals surface area contributed by atoms with Crippen LogP contribution in [0.1, 0.15) is 70.4 Å². The molecule has 1 heteroatoms. The highest BCUT2D eigenvalue weighted by molar-refractivity contribution is 5.19. The molecule has 3 unspecified atom stereocenters. The molecule has 0 spiro atoms. The van der Waals surface area contributed by atoms with Crippen LogP contribution in [0.25, 0.3) is 0 Å². The summed E-state index contributed by atoms with van der Waals surface area (Å²) in [5.41, 5.74) is 1.47. The van der Waals surface area contributed by atoms with E-state index in [1.165, 1.54) is 50.5 Å².